The van der Waals surface area contributed by atoms with E-state index < -0.39 is 0 Å². The average molecular weight is 249 g/mol. The minimum absolute atomic E-state index is 0.623. The minimum Gasteiger partial charge on any atom is -0.481 e. The Morgan fingerprint density at radius 1 is 1.41 bits per heavy atom. The lowest BCUT2D eigenvalue weighted by Gasteiger charge is -2.09. The fourth-order valence-electron chi connectivity index (χ4n) is 1.58. The summed E-state index contributed by atoms with van der Waals surface area (Å²) in [6.07, 6.45) is 2.51. The standard InChI is InChI=1S/C12H15N3OS/c1-9-11(14-8-15-12(9)16-2)13-5-3-10-4-6-17-7-10/h4,6-8H,3,5H2,1-2H3,(H,13,14,15). The molecule has 0 amide bonds. The zero-order chi connectivity index (χ0) is 12.1. The van der Waals surface area contributed by atoms with Crippen LogP contribution < -0.4 is 10.1 Å². The first-order chi connectivity index (χ1) is 8.31. The number of methoxy groups -OCH3 is 1. The molecule has 2 heterocycles. The topological polar surface area (TPSA) is 47.0 Å². The summed E-state index contributed by atoms with van der Waals surface area (Å²) in [5.74, 6) is 1.46. The van der Waals surface area contributed by atoms with Crippen LogP contribution in [0.15, 0.2) is 23.2 Å². The van der Waals surface area contributed by atoms with Crippen LogP contribution in [0.1, 0.15) is 11.1 Å². The Morgan fingerprint density at radius 3 is 3.00 bits per heavy atom. The smallest absolute Gasteiger partial charge is 0.221 e. The number of anilines is 1. The molecule has 0 fully saturated rings. The average Bonchev–Trinajstić information content (AvgIpc) is 2.84. The number of hydrogen-bond acceptors (Lipinski definition) is 5. The molecule has 17 heavy (non-hydrogen) atoms. The van der Waals surface area contributed by atoms with Crippen LogP contribution in [0.25, 0.3) is 0 Å². The van der Waals surface area contributed by atoms with Crippen molar-refractivity contribution in [3.05, 3.63) is 34.3 Å². The largest absolute Gasteiger partial charge is 0.481 e. The van der Waals surface area contributed by atoms with E-state index in [1.165, 1.54) is 11.9 Å². The van der Waals surface area contributed by atoms with Crippen LogP contribution >= 0.6 is 11.3 Å². The van der Waals surface area contributed by atoms with Crippen molar-refractivity contribution in [2.75, 3.05) is 19.0 Å². The van der Waals surface area contributed by atoms with Crippen molar-refractivity contribution in [2.24, 2.45) is 0 Å². The van der Waals surface area contributed by atoms with Crippen molar-refractivity contribution in [1.29, 1.82) is 0 Å². The molecule has 0 aliphatic rings. The zero-order valence-electron chi connectivity index (χ0n) is 9.93. The predicted molar refractivity (Wildman–Crippen MR) is 69.8 cm³/mol. The molecule has 2 aromatic heterocycles. The van der Waals surface area contributed by atoms with E-state index in [0.29, 0.717) is 5.88 Å². The molecule has 0 aliphatic carbocycles. The second-order valence-electron chi connectivity index (χ2n) is 3.66. The van der Waals surface area contributed by atoms with Gasteiger partial charge in [-0.05, 0) is 35.7 Å². The molecule has 0 bridgehead atoms. The Hall–Kier alpha value is -1.62. The van der Waals surface area contributed by atoms with E-state index in [-0.39, 0.29) is 0 Å². The first kappa shape index (κ1) is 11.9. The Bertz CT molecular complexity index is 471. The van der Waals surface area contributed by atoms with Gasteiger partial charge in [0.1, 0.15) is 12.1 Å². The van der Waals surface area contributed by atoms with Gasteiger partial charge in [-0.2, -0.15) is 11.3 Å². The fourth-order valence-corrected chi connectivity index (χ4v) is 2.28. The summed E-state index contributed by atoms with van der Waals surface area (Å²) in [5, 5.41) is 7.55. The summed E-state index contributed by atoms with van der Waals surface area (Å²) in [7, 11) is 1.62. The van der Waals surface area contributed by atoms with Crippen molar-refractivity contribution >= 4 is 17.2 Å². The van der Waals surface area contributed by atoms with Gasteiger partial charge in [0.25, 0.3) is 0 Å². The van der Waals surface area contributed by atoms with Gasteiger partial charge in [-0.3, -0.25) is 0 Å². The Balaban J connectivity index is 1.95. The van der Waals surface area contributed by atoms with E-state index in [0.717, 1.165) is 24.3 Å². The maximum atomic E-state index is 5.15. The van der Waals surface area contributed by atoms with Crippen LogP contribution in [0.5, 0.6) is 5.88 Å². The van der Waals surface area contributed by atoms with Crippen LogP contribution in [0.4, 0.5) is 5.82 Å². The maximum Gasteiger partial charge on any atom is 0.221 e. The van der Waals surface area contributed by atoms with Crippen LogP contribution in [-0.4, -0.2) is 23.6 Å². The third-order valence-electron chi connectivity index (χ3n) is 2.52. The van der Waals surface area contributed by atoms with Gasteiger partial charge in [0.15, 0.2) is 0 Å². The number of rotatable bonds is 5. The molecule has 90 valence electrons. The quantitative estimate of drug-likeness (QED) is 0.884. The van der Waals surface area contributed by atoms with Gasteiger partial charge >= 0.3 is 0 Å². The molecule has 0 atom stereocenters. The molecular weight excluding hydrogens is 234 g/mol. The number of nitrogens with zero attached hydrogens (tertiary/aromatic N) is 2. The van der Waals surface area contributed by atoms with E-state index in [9.17, 15) is 0 Å². The van der Waals surface area contributed by atoms with E-state index in [2.05, 4.69) is 32.1 Å². The van der Waals surface area contributed by atoms with Crippen LogP contribution in [0, 0.1) is 6.92 Å². The van der Waals surface area contributed by atoms with Gasteiger partial charge in [-0.15, -0.1) is 0 Å². The molecule has 0 saturated carbocycles. The third-order valence-corrected chi connectivity index (χ3v) is 3.25. The number of aromatic nitrogens is 2. The Kier molecular flexibility index (Phi) is 3.93. The first-order valence-corrected chi connectivity index (χ1v) is 6.36. The van der Waals surface area contributed by atoms with Crippen molar-refractivity contribution in [2.45, 2.75) is 13.3 Å². The van der Waals surface area contributed by atoms with Gasteiger partial charge in [-0.25, -0.2) is 9.97 Å². The number of hydrogen-bond donors (Lipinski definition) is 1. The fraction of sp³-hybridized carbons (Fsp3) is 0.333. The molecule has 2 rings (SSSR count). The lowest BCUT2D eigenvalue weighted by molar-refractivity contribution is 0.393. The zero-order valence-corrected chi connectivity index (χ0v) is 10.8. The first-order valence-electron chi connectivity index (χ1n) is 5.42. The normalized spacial score (nSPS) is 10.2. The monoisotopic (exact) mass is 249 g/mol. The molecule has 0 unspecified atom stereocenters. The highest BCUT2D eigenvalue weighted by Gasteiger charge is 2.06. The van der Waals surface area contributed by atoms with Crippen molar-refractivity contribution in [3.8, 4) is 5.88 Å². The summed E-state index contributed by atoms with van der Waals surface area (Å²) in [6.45, 7) is 2.81. The van der Waals surface area contributed by atoms with E-state index >= 15 is 0 Å². The van der Waals surface area contributed by atoms with E-state index in [1.807, 2.05) is 6.92 Å². The van der Waals surface area contributed by atoms with Crippen LogP contribution in [0.2, 0.25) is 0 Å². The molecule has 0 aliphatic heterocycles. The van der Waals surface area contributed by atoms with E-state index in [4.69, 9.17) is 4.74 Å². The van der Waals surface area contributed by atoms with E-state index in [1.54, 1.807) is 18.4 Å². The molecule has 0 aromatic carbocycles. The molecule has 5 heteroatoms. The number of thiophene rings is 1. The van der Waals surface area contributed by atoms with Crippen LogP contribution in [0.3, 0.4) is 0 Å². The molecule has 4 nitrogen and oxygen atoms in total. The second kappa shape index (κ2) is 5.63. The second-order valence-corrected chi connectivity index (χ2v) is 4.44. The summed E-state index contributed by atoms with van der Waals surface area (Å²) in [6, 6.07) is 2.14. The highest BCUT2D eigenvalue weighted by atomic mass is 32.1. The molecule has 0 spiro atoms. The predicted octanol–water partition coefficient (Wildman–Crippen LogP) is 2.51. The molecule has 0 radical (unpaired) electrons. The summed E-state index contributed by atoms with van der Waals surface area (Å²) < 4.78 is 5.15. The van der Waals surface area contributed by atoms with Gasteiger partial charge in [-0.1, -0.05) is 0 Å². The summed E-state index contributed by atoms with van der Waals surface area (Å²) >= 11 is 1.72. The molecular formula is C12H15N3OS. The van der Waals surface area contributed by atoms with Gasteiger partial charge < -0.3 is 10.1 Å². The lowest BCUT2D eigenvalue weighted by atomic mass is 10.2. The van der Waals surface area contributed by atoms with Gasteiger partial charge in [0.2, 0.25) is 5.88 Å². The summed E-state index contributed by atoms with van der Waals surface area (Å²) in [4.78, 5) is 8.25. The van der Waals surface area contributed by atoms with Crippen LogP contribution in [-0.2, 0) is 6.42 Å². The Morgan fingerprint density at radius 2 is 2.29 bits per heavy atom. The maximum absolute atomic E-state index is 5.15. The van der Waals surface area contributed by atoms with Gasteiger partial charge in [0.05, 0.1) is 12.7 Å². The summed E-state index contributed by atoms with van der Waals surface area (Å²) in [5.41, 5.74) is 2.29. The van der Waals surface area contributed by atoms with Crippen molar-refractivity contribution in [3.63, 3.8) is 0 Å². The SMILES string of the molecule is COc1ncnc(NCCc2ccsc2)c1C. The highest BCUT2D eigenvalue weighted by Crippen LogP contribution is 2.19. The Labute approximate surface area is 105 Å². The van der Waals surface area contributed by atoms with Crippen molar-refractivity contribution in [1.82, 2.24) is 9.97 Å². The third kappa shape index (κ3) is 2.94. The highest BCUT2D eigenvalue weighted by molar-refractivity contribution is 7.07. The molecule has 0 saturated heterocycles. The van der Waals surface area contributed by atoms with Crippen molar-refractivity contribution < 1.29 is 4.74 Å². The van der Waals surface area contributed by atoms with Gasteiger partial charge in [0, 0.05) is 6.54 Å². The lowest BCUT2D eigenvalue weighted by Crippen LogP contribution is -2.08. The number of ether oxygens (including phenoxy) is 1. The minimum atomic E-state index is 0.623. The molecule has 1 N–H and O–H groups in total. The number of nitrogens with one attached hydrogen (secondary N) is 1. The molecule has 2 aromatic rings.